The standard InChI is InChI=1S/C18H22ClN3O3S/c1-3-9-25-18(24)14-11-7-5-6-8-13(11)26-17(14)20-16(23)15-12(19)10-22(4-2)21-15/h10H,3-9H2,1-2H3,(H,20,23). The van der Waals surface area contributed by atoms with Crippen molar-refractivity contribution < 1.29 is 14.3 Å². The molecule has 1 aliphatic rings. The van der Waals surface area contributed by atoms with E-state index in [9.17, 15) is 9.59 Å². The molecule has 0 atom stereocenters. The highest BCUT2D eigenvalue weighted by Crippen LogP contribution is 2.39. The van der Waals surface area contributed by atoms with Crippen molar-refractivity contribution in [2.75, 3.05) is 11.9 Å². The van der Waals surface area contributed by atoms with Gasteiger partial charge in [-0.25, -0.2) is 4.79 Å². The number of carbonyl (C=O) groups excluding carboxylic acids is 2. The molecule has 0 saturated carbocycles. The Balaban J connectivity index is 1.91. The van der Waals surface area contributed by atoms with Crippen molar-refractivity contribution in [1.29, 1.82) is 0 Å². The molecule has 0 aliphatic heterocycles. The smallest absolute Gasteiger partial charge is 0.341 e. The van der Waals surface area contributed by atoms with Crippen LogP contribution in [0.3, 0.4) is 0 Å². The average molecular weight is 396 g/mol. The quantitative estimate of drug-likeness (QED) is 0.739. The van der Waals surface area contributed by atoms with E-state index in [1.165, 1.54) is 11.3 Å². The van der Waals surface area contributed by atoms with Crippen LogP contribution in [0.15, 0.2) is 6.20 Å². The minimum atomic E-state index is -0.412. The number of carbonyl (C=O) groups is 2. The lowest BCUT2D eigenvalue weighted by Gasteiger charge is -2.12. The number of aromatic nitrogens is 2. The molecular weight excluding hydrogens is 374 g/mol. The van der Waals surface area contributed by atoms with Gasteiger partial charge in [0.25, 0.3) is 5.91 Å². The maximum absolute atomic E-state index is 12.6. The SMILES string of the molecule is CCCOC(=O)c1c(NC(=O)c2nn(CC)cc2Cl)sc2c1CCCC2. The number of esters is 1. The molecule has 26 heavy (non-hydrogen) atoms. The molecule has 0 aromatic carbocycles. The van der Waals surface area contributed by atoms with Crippen molar-refractivity contribution in [3.8, 4) is 0 Å². The number of halogens is 1. The first-order valence-corrected chi connectivity index (χ1v) is 10.1. The van der Waals surface area contributed by atoms with E-state index in [4.69, 9.17) is 16.3 Å². The van der Waals surface area contributed by atoms with E-state index in [1.54, 1.807) is 10.9 Å². The normalized spacial score (nSPS) is 13.3. The van der Waals surface area contributed by atoms with Crippen LogP contribution in [-0.2, 0) is 24.1 Å². The van der Waals surface area contributed by atoms with E-state index < -0.39 is 5.91 Å². The highest BCUT2D eigenvalue weighted by Gasteiger charge is 2.28. The first-order valence-electron chi connectivity index (χ1n) is 8.91. The van der Waals surface area contributed by atoms with E-state index >= 15 is 0 Å². The third-order valence-corrected chi connectivity index (χ3v) is 5.78. The molecular formula is C18H22ClN3O3S. The Kier molecular flexibility index (Phi) is 5.98. The lowest BCUT2D eigenvalue weighted by atomic mass is 9.95. The van der Waals surface area contributed by atoms with Crippen molar-refractivity contribution in [3.05, 3.63) is 32.9 Å². The Morgan fingerprint density at radius 2 is 2.12 bits per heavy atom. The second-order valence-electron chi connectivity index (χ2n) is 6.19. The van der Waals surface area contributed by atoms with Crippen LogP contribution in [0, 0.1) is 0 Å². The molecule has 0 saturated heterocycles. The van der Waals surface area contributed by atoms with Gasteiger partial charge in [0.05, 0.1) is 17.2 Å². The maximum Gasteiger partial charge on any atom is 0.341 e. The van der Waals surface area contributed by atoms with Gasteiger partial charge in [0.15, 0.2) is 5.69 Å². The Hall–Kier alpha value is -1.86. The molecule has 2 aromatic heterocycles. The molecule has 0 bridgehead atoms. The van der Waals surface area contributed by atoms with Gasteiger partial charge in [-0.2, -0.15) is 5.10 Å². The van der Waals surface area contributed by atoms with Gasteiger partial charge < -0.3 is 10.1 Å². The number of rotatable bonds is 6. The summed E-state index contributed by atoms with van der Waals surface area (Å²) in [6.07, 6.45) is 6.27. The van der Waals surface area contributed by atoms with Gasteiger partial charge in [-0.1, -0.05) is 18.5 Å². The summed E-state index contributed by atoms with van der Waals surface area (Å²) >= 11 is 7.58. The number of nitrogens with one attached hydrogen (secondary N) is 1. The molecule has 1 N–H and O–H groups in total. The van der Waals surface area contributed by atoms with Gasteiger partial charge in [0.1, 0.15) is 5.00 Å². The molecule has 1 aliphatic carbocycles. The summed E-state index contributed by atoms with van der Waals surface area (Å²) in [7, 11) is 0. The number of anilines is 1. The van der Waals surface area contributed by atoms with Gasteiger partial charge in [-0.3, -0.25) is 9.48 Å². The third kappa shape index (κ3) is 3.78. The van der Waals surface area contributed by atoms with Crippen LogP contribution in [0.5, 0.6) is 0 Å². The zero-order valence-electron chi connectivity index (χ0n) is 14.9. The molecule has 0 spiro atoms. The van der Waals surface area contributed by atoms with E-state index in [2.05, 4.69) is 10.4 Å². The number of hydrogen-bond donors (Lipinski definition) is 1. The molecule has 140 valence electrons. The molecule has 1 amide bonds. The zero-order chi connectivity index (χ0) is 18.7. The highest BCUT2D eigenvalue weighted by atomic mass is 35.5. The first kappa shape index (κ1) is 18.9. The number of amides is 1. The molecule has 0 unspecified atom stereocenters. The Morgan fingerprint density at radius 1 is 1.35 bits per heavy atom. The summed E-state index contributed by atoms with van der Waals surface area (Å²) in [5, 5.41) is 7.85. The average Bonchev–Trinajstić information content (AvgIpc) is 3.19. The second kappa shape index (κ2) is 8.22. The molecule has 0 fully saturated rings. The highest BCUT2D eigenvalue weighted by molar-refractivity contribution is 7.17. The van der Waals surface area contributed by atoms with E-state index in [-0.39, 0.29) is 11.7 Å². The van der Waals surface area contributed by atoms with Gasteiger partial charge in [-0.15, -0.1) is 11.3 Å². The van der Waals surface area contributed by atoms with Crippen molar-refractivity contribution in [1.82, 2.24) is 9.78 Å². The predicted molar refractivity (Wildman–Crippen MR) is 102 cm³/mol. The van der Waals surface area contributed by atoms with Gasteiger partial charge in [0.2, 0.25) is 0 Å². The number of nitrogens with zero attached hydrogens (tertiary/aromatic N) is 2. The summed E-state index contributed by atoms with van der Waals surface area (Å²) in [6.45, 7) is 4.85. The van der Waals surface area contributed by atoms with Crippen LogP contribution < -0.4 is 5.32 Å². The van der Waals surface area contributed by atoms with Crippen LogP contribution in [0.2, 0.25) is 5.02 Å². The van der Waals surface area contributed by atoms with Crippen molar-refractivity contribution >= 4 is 39.8 Å². The summed E-state index contributed by atoms with van der Waals surface area (Å²) in [5.41, 5.74) is 1.67. The topological polar surface area (TPSA) is 73.2 Å². The van der Waals surface area contributed by atoms with Crippen LogP contribution in [0.4, 0.5) is 5.00 Å². The molecule has 2 heterocycles. The summed E-state index contributed by atoms with van der Waals surface area (Å²) in [4.78, 5) is 26.4. The van der Waals surface area contributed by atoms with Gasteiger partial charge >= 0.3 is 5.97 Å². The fourth-order valence-electron chi connectivity index (χ4n) is 3.01. The second-order valence-corrected chi connectivity index (χ2v) is 7.70. The molecule has 8 heteroatoms. The van der Waals surface area contributed by atoms with E-state index in [0.717, 1.165) is 42.5 Å². The molecule has 3 rings (SSSR count). The van der Waals surface area contributed by atoms with Crippen LogP contribution in [0.25, 0.3) is 0 Å². The Morgan fingerprint density at radius 3 is 2.81 bits per heavy atom. The third-order valence-electron chi connectivity index (χ3n) is 4.30. The van der Waals surface area contributed by atoms with Crippen LogP contribution >= 0.6 is 22.9 Å². The predicted octanol–water partition coefficient (Wildman–Crippen LogP) is 4.32. The monoisotopic (exact) mass is 395 g/mol. The van der Waals surface area contributed by atoms with E-state index in [0.29, 0.717) is 28.7 Å². The number of hydrogen-bond acceptors (Lipinski definition) is 5. The lowest BCUT2D eigenvalue weighted by molar-refractivity contribution is 0.0505. The number of aryl methyl sites for hydroxylation is 2. The first-order chi connectivity index (χ1) is 12.5. The minimum Gasteiger partial charge on any atom is -0.462 e. The fourth-order valence-corrected chi connectivity index (χ4v) is 4.52. The summed E-state index contributed by atoms with van der Waals surface area (Å²) in [6, 6.07) is 0. The van der Waals surface area contributed by atoms with Crippen LogP contribution in [0.1, 0.15) is 64.4 Å². The summed E-state index contributed by atoms with van der Waals surface area (Å²) in [5.74, 6) is -0.780. The Labute approximate surface area is 161 Å². The zero-order valence-corrected chi connectivity index (χ0v) is 16.5. The van der Waals surface area contributed by atoms with Crippen molar-refractivity contribution in [2.24, 2.45) is 0 Å². The maximum atomic E-state index is 12.6. The summed E-state index contributed by atoms with van der Waals surface area (Å²) < 4.78 is 6.95. The van der Waals surface area contributed by atoms with Gasteiger partial charge in [-0.05, 0) is 44.6 Å². The minimum absolute atomic E-state index is 0.160. The van der Waals surface area contributed by atoms with Crippen molar-refractivity contribution in [3.63, 3.8) is 0 Å². The van der Waals surface area contributed by atoms with Crippen LogP contribution in [-0.4, -0.2) is 28.3 Å². The van der Waals surface area contributed by atoms with E-state index in [1.807, 2.05) is 13.8 Å². The fraction of sp³-hybridized carbons (Fsp3) is 0.500. The lowest BCUT2D eigenvalue weighted by Crippen LogP contribution is -2.17. The Bertz CT molecular complexity index is 828. The number of thiophene rings is 1. The number of ether oxygens (including phenoxy) is 1. The van der Waals surface area contributed by atoms with Gasteiger partial charge in [0, 0.05) is 17.6 Å². The number of fused-ring (bicyclic) bond motifs is 1. The molecule has 6 nitrogen and oxygen atoms in total. The molecule has 0 radical (unpaired) electrons. The molecule has 2 aromatic rings. The van der Waals surface area contributed by atoms with Crippen molar-refractivity contribution in [2.45, 2.75) is 52.5 Å². The largest absolute Gasteiger partial charge is 0.462 e.